The molecule has 0 unspecified atom stereocenters. The van der Waals surface area contributed by atoms with Gasteiger partial charge in [-0.3, -0.25) is 0 Å². The second kappa shape index (κ2) is 9.38. The zero-order valence-corrected chi connectivity index (χ0v) is 19.3. The number of piperidine rings is 1. The number of anilines is 3. The first-order valence-corrected chi connectivity index (χ1v) is 10.9. The Morgan fingerprint density at radius 3 is 2.58 bits per heavy atom. The van der Waals surface area contributed by atoms with Crippen LogP contribution in [0, 0.1) is 11.3 Å². The average molecular weight is 497 g/mol. The molecule has 36 heavy (non-hydrogen) atoms. The first-order valence-electron chi connectivity index (χ1n) is 10.9. The summed E-state index contributed by atoms with van der Waals surface area (Å²) in [6.07, 6.45) is 0.00732. The Balaban J connectivity index is 1.67. The Bertz CT molecular complexity index is 1340. The maximum atomic E-state index is 13.6. The van der Waals surface area contributed by atoms with Crippen LogP contribution in [0.2, 0.25) is 0 Å². The Labute approximate surface area is 204 Å². The highest BCUT2D eigenvalue weighted by atomic mass is 19.4. The molecule has 4 rings (SSSR count). The van der Waals surface area contributed by atoms with Gasteiger partial charge in [0.15, 0.2) is 11.6 Å². The van der Waals surface area contributed by atoms with E-state index in [0.29, 0.717) is 12.0 Å². The van der Waals surface area contributed by atoms with Crippen LogP contribution in [0.5, 0.6) is 0 Å². The monoisotopic (exact) mass is 496 g/mol. The van der Waals surface area contributed by atoms with Crippen molar-refractivity contribution >= 4 is 23.0 Å². The minimum Gasteiger partial charge on any atom is -0.382 e. The number of nitrogen functional groups attached to an aromatic ring is 1. The van der Waals surface area contributed by atoms with E-state index in [0.717, 1.165) is 37.8 Å². The highest BCUT2D eigenvalue weighted by Gasteiger charge is 2.36. The number of alkyl halides is 3. The highest BCUT2D eigenvalue weighted by Crippen LogP contribution is 2.36. The van der Waals surface area contributed by atoms with Gasteiger partial charge in [0, 0.05) is 31.0 Å². The van der Waals surface area contributed by atoms with Crippen molar-refractivity contribution in [1.29, 1.82) is 5.26 Å². The molecule has 1 aliphatic rings. The second-order valence-corrected chi connectivity index (χ2v) is 8.67. The molecule has 3 aromatic rings. The number of pyridine rings is 1. The number of nitriles is 1. The summed E-state index contributed by atoms with van der Waals surface area (Å²) >= 11 is 0. The molecule has 3 aromatic heterocycles. The van der Waals surface area contributed by atoms with Gasteiger partial charge < -0.3 is 21.7 Å². The second-order valence-electron chi connectivity index (χ2n) is 8.67. The molecular formula is C23H23F3N10. The molecule has 13 heteroatoms. The number of aromatic nitrogens is 5. The molecule has 4 heterocycles. The van der Waals surface area contributed by atoms with Crippen molar-refractivity contribution < 1.29 is 13.2 Å². The minimum atomic E-state index is -4.78. The van der Waals surface area contributed by atoms with Gasteiger partial charge in [0.05, 0.1) is 17.6 Å². The van der Waals surface area contributed by atoms with Crippen molar-refractivity contribution in [3.8, 4) is 17.5 Å². The first-order chi connectivity index (χ1) is 17.0. The van der Waals surface area contributed by atoms with Gasteiger partial charge in [-0.1, -0.05) is 6.58 Å². The quantitative estimate of drug-likeness (QED) is 0.479. The molecule has 5 N–H and O–H groups in total. The Morgan fingerprint density at radius 2 is 1.92 bits per heavy atom. The normalized spacial score (nSPS) is 15.3. The third-order valence-corrected chi connectivity index (χ3v) is 5.83. The van der Waals surface area contributed by atoms with Crippen molar-refractivity contribution in [1.82, 2.24) is 24.9 Å². The summed E-state index contributed by atoms with van der Waals surface area (Å²) in [5.74, 6) is -0.0309. The molecule has 0 spiro atoms. The smallest absolute Gasteiger partial charge is 0.382 e. The summed E-state index contributed by atoms with van der Waals surface area (Å²) in [6, 6.07) is 5.32. The first kappa shape index (κ1) is 24.8. The van der Waals surface area contributed by atoms with E-state index in [-0.39, 0.29) is 28.4 Å². The summed E-state index contributed by atoms with van der Waals surface area (Å²) in [4.78, 5) is 21.9. The topological polar surface area (TPSA) is 156 Å². The van der Waals surface area contributed by atoms with Crippen LogP contribution in [0.3, 0.4) is 0 Å². The van der Waals surface area contributed by atoms with Gasteiger partial charge in [0.25, 0.3) is 0 Å². The lowest BCUT2D eigenvalue weighted by Gasteiger charge is -2.38. The number of halogens is 3. The largest absolute Gasteiger partial charge is 0.420 e. The van der Waals surface area contributed by atoms with Gasteiger partial charge in [-0.15, -0.1) is 0 Å². The van der Waals surface area contributed by atoms with Crippen LogP contribution in [0.4, 0.5) is 30.5 Å². The Hall–Kier alpha value is -4.31. The van der Waals surface area contributed by atoms with Crippen molar-refractivity contribution in [3.05, 3.63) is 54.4 Å². The van der Waals surface area contributed by atoms with E-state index in [2.05, 4.69) is 41.7 Å². The van der Waals surface area contributed by atoms with Crippen molar-refractivity contribution in [3.63, 3.8) is 0 Å². The summed E-state index contributed by atoms with van der Waals surface area (Å²) in [5, 5.41) is 12.1. The summed E-state index contributed by atoms with van der Waals surface area (Å²) in [5.41, 5.74) is 11.0. The minimum absolute atomic E-state index is 0.0162. The van der Waals surface area contributed by atoms with Crippen LogP contribution in [0.1, 0.15) is 36.8 Å². The van der Waals surface area contributed by atoms with Crippen LogP contribution in [0.15, 0.2) is 37.3 Å². The van der Waals surface area contributed by atoms with E-state index in [1.807, 2.05) is 13.0 Å². The summed E-state index contributed by atoms with van der Waals surface area (Å²) < 4.78 is 40.7. The average Bonchev–Trinajstić information content (AvgIpc) is 2.84. The molecule has 1 fully saturated rings. The molecular weight excluding hydrogens is 473 g/mol. The molecule has 0 aromatic carbocycles. The Morgan fingerprint density at radius 1 is 1.19 bits per heavy atom. The van der Waals surface area contributed by atoms with E-state index in [1.165, 1.54) is 0 Å². The number of rotatable bonds is 5. The fourth-order valence-corrected chi connectivity index (χ4v) is 3.78. The summed E-state index contributed by atoms with van der Waals surface area (Å²) in [7, 11) is 0. The van der Waals surface area contributed by atoms with E-state index in [1.54, 1.807) is 18.3 Å². The maximum absolute atomic E-state index is 13.6. The van der Waals surface area contributed by atoms with Gasteiger partial charge in [-0.05, 0) is 31.9 Å². The SMILES string of the molecule is C=C(Nc1ncccc1N1CCC(C)(N)CC1)c1nc(-c2nc(C#N)ncc2C(F)(F)F)cnc1N. The number of nitrogens with two attached hydrogens (primary N) is 2. The van der Waals surface area contributed by atoms with Gasteiger partial charge in [-0.2, -0.15) is 18.4 Å². The van der Waals surface area contributed by atoms with Crippen molar-refractivity contribution in [2.45, 2.75) is 31.5 Å². The standard InChI is InChI=1S/C23H23F3N10/c1-13(33-21-16(4-3-7-30-21)36-8-5-22(2,29)6-9-36)18-20(28)32-12-15(34-18)19-14(23(24,25)26)11-31-17(10-27)35-19/h3-4,7,11-12H,1,5-6,8-9,29H2,2H3,(H2,28,32)(H,30,33). The lowest BCUT2D eigenvalue weighted by atomic mass is 9.91. The predicted octanol–water partition coefficient (Wildman–Crippen LogP) is 3.20. The zero-order chi connectivity index (χ0) is 26.1. The van der Waals surface area contributed by atoms with Crippen LogP contribution in [-0.4, -0.2) is 43.5 Å². The molecule has 1 saturated heterocycles. The van der Waals surface area contributed by atoms with Gasteiger partial charge in [0.1, 0.15) is 28.7 Å². The molecule has 186 valence electrons. The molecule has 0 atom stereocenters. The van der Waals surface area contributed by atoms with Crippen LogP contribution < -0.4 is 21.7 Å². The third kappa shape index (κ3) is 5.18. The number of nitrogens with zero attached hydrogens (tertiary/aromatic N) is 7. The maximum Gasteiger partial charge on any atom is 0.420 e. The lowest BCUT2D eigenvalue weighted by Crippen LogP contribution is -2.48. The van der Waals surface area contributed by atoms with E-state index in [9.17, 15) is 13.2 Å². The van der Waals surface area contributed by atoms with Crippen LogP contribution >= 0.6 is 0 Å². The van der Waals surface area contributed by atoms with Crippen LogP contribution in [0.25, 0.3) is 17.1 Å². The highest BCUT2D eigenvalue weighted by molar-refractivity contribution is 5.82. The molecule has 0 amide bonds. The van der Waals surface area contributed by atoms with Gasteiger partial charge in [-0.25, -0.2) is 24.9 Å². The van der Waals surface area contributed by atoms with E-state index >= 15 is 0 Å². The molecule has 0 aliphatic carbocycles. The van der Waals surface area contributed by atoms with Crippen LogP contribution in [-0.2, 0) is 6.18 Å². The predicted molar refractivity (Wildman–Crippen MR) is 128 cm³/mol. The van der Waals surface area contributed by atoms with Gasteiger partial charge in [0.2, 0.25) is 5.82 Å². The molecule has 10 nitrogen and oxygen atoms in total. The third-order valence-electron chi connectivity index (χ3n) is 5.83. The number of nitrogens with one attached hydrogen (secondary N) is 1. The van der Waals surface area contributed by atoms with E-state index < -0.39 is 23.3 Å². The van der Waals surface area contributed by atoms with Crippen molar-refractivity contribution in [2.24, 2.45) is 5.73 Å². The van der Waals surface area contributed by atoms with Crippen molar-refractivity contribution in [2.75, 3.05) is 29.0 Å². The molecule has 0 bridgehead atoms. The summed E-state index contributed by atoms with van der Waals surface area (Å²) in [6.45, 7) is 7.43. The fourth-order valence-electron chi connectivity index (χ4n) is 3.78. The van der Waals surface area contributed by atoms with E-state index in [4.69, 9.17) is 16.7 Å². The molecule has 0 saturated carbocycles. The fraction of sp³-hybridized carbons (Fsp3) is 0.304. The number of hydrogen-bond acceptors (Lipinski definition) is 10. The molecule has 0 radical (unpaired) electrons. The lowest BCUT2D eigenvalue weighted by molar-refractivity contribution is -0.137. The van der Waals surface area contributed by atoms with Gasteiger partial charge >= 0.3 is 6.18 Å². The zero-order valence-electron chi connectivity index (χ0n) is 19.3. The molecule has 1 aliphatic heterocycles. The number of hydrogen-bond donors (Lipinski definition) is 3. The Kier molecular flexibility index (Phi) is 6.47.